The van der Waals surface area contributed by atoms with E-state index < -0.39 is 0 Å². The molecule has 1 aliphatic rings. The van der Waals surface area contributed by atoms with Crippen LogP contribution in [0, 0.1) is 19.8 Å². The summed E-state index contributed by atoms with van der Waals surface area (Å²) in [5.41, 5.74) is 1.88. The summed E-state index contributed by atoms with van der Waals surface area (Å²) < 4.78 is 0. The van der Waals surface area contributed by atoms with Crippen LogP contribution in [0.1, 0.15) is 43.9 Å². The van der Waals surface area contributed by atoms with Crippen LogP contribution in [0.25, 0.3) is 0 Å². The van der Waals surface area contributed by atoms with Gasteiger partial charge in [-0.1, -0.05) is 0 Å². The van der Waals surface area contributed by atoms with Gasteiger partial charge in [-0.15, -0.1) is 0 Å². The maximum atomic E-state index is 12.2. The van der Waals surface area contributed by atoms with Crippen LogP contribution in [0.5, 0.6) is 0 Å². The number of likely N-dealkylation sites (tertiary alicyclic amines) is 1. The molecule has 1 aromatic rings. The Balaban J connectivity index is 1.82. The third-order valence-corrected chi connectivity index (χ3v) is 4.08. The van der Waals surface area contributed by atoms with Gasteiger partial charge < -0.3 is 10.2 Å². The third kappa shape index (κ3) is 4.49. The van der Waals surface area contributed by atoms with E-state index in [2.05, 4.69) is 34.0 Å². The Hall–Kier alpha value is -1.49. The number of nitrogens with zero attached hydrogens (tertiary/aromatic N) is 3. The predicted octanol–water partition coefficient (Wildman–Crippen LogP) is 1.83. The highest BCUT2D eigenvalue weighted by Crippen LogP contribution is 2.19. The minimum atomic E-state index is 0.130. The van der Waals surface area contributed by atoms with E-state index in [-0.39, 0.29) is 11.8 Å². The first-order valence-corrected chi connectivity index (χ1v) is 7.78. The van der Waals surface area contributed by atoms with Crippen LogP contribution in [0.2, 0.25) is 0 Å². The molecule has 2 rings (SSSR count). The van der Waals surface area contributed by atoms with Crippen molar-refractivity contribution in [3.63, 3.8) is 0 Å². The van der Waals surface area contributed by atoms with E-state index in [0.29, 0.717) is 18.4 Å². The van der Waals surface area contributed by atoms with Gasteiger partial charge in [0.1, 0.15) is 5.82 Å². The number of amides is 1. The number of piperidine rings is 1. The first kappa shape index (κ1) is 15.9. The second-order valence-electron chi connectivity index (χ2n) is 6.19. The monoisotopic (exact) mass is 290 g/mol. The highest BCUT2D eigenvalue weighted by Gasteiger charge is 2.25. The van der Waals surface area contributed by atoms with Crippen LogP contribution in [0.15, 0.2) is 6.07 Å². The first-order chi connectivity index (χ1) is 9.95. The molecule has 0 saturated carbocycles. The Morgan fingerprint density at radius 1 is 1.29 bits per heavy atom. The normalized spacial score (nSPS) is 17.2. The van der Waals surface area contributed by atoms with E-state index >= 15 is 0 Å². The molecule has 0 aliphatic carbocycles. The molecule has 0 aromatic carbocycles. The summed E-state index contributed by atoms with van der Waals surface area (Å²) in [6.07, 6.45) is 1.88. The Labute approximate surface area is 127 Å². The maximum absolute atomic E-state index is 12.2. The molecular formula is C16H26N4O. The summed E-state index contributed by atoms with van der Waals surface area (Å²) in [5, 5.41) is 2.98. The summed E-state index contributed by atoms with van der Waals surface area (Å²) in [5.74, 6) is 0.965. The van der Waals surface area contributed by atoms with Crippen molar-refractivity contribution in [1.82, 2.24) is 20.2 Å². The standard InChI is InChI=1S/C16H26N4O/c1-11(2)20-7-5-14(6-8-20)16(21)17-10-15-18-12(3)9-13(4)19-15/h9,11,14H,5-8,10H2,1-4H3,(H,17,21). The summed E-state index contributed by atoms with van der Waals surface area (Å²) in [6.45, 7) is 10.7. The fourth-order valence-electron chi connectivity index (χ4n) is 2.87. The van der Waals surface area contributed by atoms with E-state index in [1.165, 1.54) is 0 Å². The van der Waals surface area contributed by atoms with Crippen molar-refractivity contribution in [2.24, 2.45) is 5.92 Å². The van der Waals surface area contributed by atoms with Crippen LogP contribution in [-0.2, 0) is 11.3 Å². The lowest BCUT2D eigenvalue weighted by atomic mass is 9.95. The number of hydrogen-bond acceptors (Lipinski definition) is 4. The molecule has 1 fully saturated rings. The lowest BCUT2D eigenvalue weighted by Crippen LogP contribution is -2.43. The van der Waals surface area contributed by atoms with Crippen molar-refractivity contribution >= 4 is 5.91 Å². The van der Waals surface area contributed by atoms with E-state index in [1.54, 1.807) is 0 Å². The molecule has 1 saturated heterocycles. The molecule has 0 spiro atoms. The van der Waals surface area contributed by atoms with Crippen molar-refractivity contribution in [1.29, 1.82) is 0 Å². The number of carbonyl (C=O) groups excluding carboxylic acids is 1. The number of rotatable bonds is 4. The molecule has 1 aromatic heterocycles. The van der Waals surface area contributed by atoms with E-state index in [9.17, 15) is 4.79 Å². The van der Waals surface area contributed by atoms with Gasteiger partial charge in [0, 0.05) is 23.3 Å². The summed E-state index contributed by atoms with van der Waals surface area (Å²) >= 11 is 0. The summed E-state index contributed by atoms with van der Waals surface area (Å²) in [6, 6.07) is 2.50. The van der Waals surface area contributed by atoms with Gasteiger partial charge in [0.25, 0.3) is 0 Å². The Morgan fingerprint density at radius 2 is 1.86 bits per heavy atom. The SMILES string of the molecule is Cc1cc(C)nc(CNC(=O)C2CCN(C(C)C)CC2)n1. The molecule has 0 radical (unpaired) electrons. The smallest absolute Gasteiger partial charge is 0.223 e. The molecule has 5 nitrogen and oxygen atoms in total. The molecule has 1 N–H and O–H groups in total. The molecule has 0 atom stereocenters. The molecular weight excluding hydrogens is 264 g/mol. The van der Waals surface area contributed by atoms with Gasteiger partial charge in [-0.25, -0.2) is 9.97 Å². The molecule has 116 valence electrons. The zero-order valence-electron chi connectivity index (χ0n) is 13.5. The van der Waals surface area contributed by atoms with Crippen molar-refractivity contribution in [2.45, 2.75) is 53.1 Å². The van der Waals surface area contributed by atoms with Gasteiger partial charge in [-0.3, -0.25) is 4.79 Å². The predicted molar refractivity (Wildman–Crippen MR) is 82.8 cm³/mol. The zero-order valence-corrected chi connectivity index (χ0v) is 13.5. The highest BCUT2D eigenvalue weighted by molar-refractivity contribution is 5.78. The Bertz CT molecular complexity index is 473. The zero-order chi connectivity index (χ0) is 15.4. The number of aryl methyl sites for hydroxylation is 2. The largest absolute Gasteiger partial charge is 0.349 e. The van der Waals surface area contributed by atoms with Crippen LogP contribution in [0.4, 0.5) is 0 Å². The highest BCUT2D eigenvalue weighted by atomic mass is 16.1. The number of hydrogen-bond donors (Lipinski definition) is 1. The topological polar surface area (TPSA) is 58.1 Å². The molecule has 0 bridgehead atoms. The van der Waals surface area contributed by atoms with E-state index in [4.69, 9.17) is 0 Å². The Morgan fingerprint density at radius 3 is 2.38 bits per heavy atom. The fraction of sp³-hybridized carbons (Fsp3) is 0.688. The third-order valence-electron chi connectivity index (χ3n) is 4.08. The van der Waals surface area contributed by atoms with Crippen molar-refractivity contribution in [3.05, 3.63) is 23.3 Å². The maximum Gasteiger partial charge on any atom is 0.223 e. The van der Waals surface area contributed by atoms with Gasteiger partial charge >= 0.3 is 0 Å². The minimum absolute atomic E-state index is 0.130. The minimum Gasteiger partial charge on any atom is -0.349 e. The molecule has 1 amide bonds. The lowest BCUT2D eigenvalue weighted by Gasteiger charge is -2.33. The van der Waals surface area contributed by atoms with Crippen LogP contribution in [-0.4, -0.2) is 39.9 Å². The second kappa shape index (κ2) is 6.98. The van der Waals surface area contributed by atoms with Gasteiger partial charge in [0.2, 0.25) is 5.91 Å². The average Bonchev–Trinajstić information content (AvgIpc) is 2.44. The van der Waals surface area contributed by atoms with E-state index in [1.807, 2.05) is 19.9 Å². The second-order valence-corrected chi connectivity index (χ2v) is 6.19. The van der Waals surface area contributed by atoms with Crippen LogP contribution in [0.3, 0.4) is 0 Å². The molecule has 21 heavy (non-hydrogen) atoms. The Kier molecular flexibility index (Phi) is 5.28. The number of aromatic nitrogens is 2. The molecule has 5 heteroatoms. The lowest BCUT2D eigenvalue weighted by molar-refractivity contribution is -0.126. The van der Waals surface area contributed by atoms with Gasteiger partial charge in [-0.05, 0) is 59.7 Å². The van der Waals surface area contributed by atoms with Crippen molar-refractivity contribution in [3.8, 4) is 0 Å². The fourth-order valence-corrected chi connectivity index (χ4v) is 2.87. The van der Waals surface area contributed by atoms with Gasteiger partial charge in [0.05, 0.1) is 6.54 Å². The number of carbonyl (C=O) groups is 1. The quantitative estimate of drug-likeness (QED) is 0.919. The van der Waals surface area contributed by atoms with Gasteiger partial charge in [-0.2, -0.15) is 0 Å². The van der Waals surface area contributed by atoms with Crippen molar-refractivity contribution < 1.29 is 4.79 Å². The van der Waals surface area contributed by atoms with Crippen LogP contribution >= 0.6 is 0 Å². The molecule has 1 aliphatic heterocycles. The number of nitrogens with one attached hydrogen (secondary N) is 1. The molecule has 0 unspecified atom stereocenters. The summed E-state index contributed by atoms with van der Waals surface area (Å²) in [4.78, 5) is 23.4. The van der Waals surface area contributed by atoms with Crippen LogP contribution < -0.4 is 5.32 Å². The van der Waals surface area contributed by atoms with Crippen molar-refractivity contribution in [2.75, 3.05) is 13.1 Å². The first-order valence-electron chi connectivity index (χ1n) is 7.78. The van der Waals surface area contributed by atoms with E-state index in [0.717, 1.165) is 37.3 Å². The molecule has 2 heterocycles. The summed E-state index contributed by atoms with van der Waals surface area (Å²) in [7, 11) is 0. The van der Waals surface area contributed by atoms with Gasteiger partial charge in [0.15, 0.2) is 0 Å². The average molecular weight is 290 g/mol.